The van der Waals surface area contributed by atoms with Gasteiger partial charge in [0.05, 0.1) is 10.5 Å². The smallest absolute Gasteiger partial charge is 0.449 e. The third-order valence-corrected chi connectivity index (χ3v) is 5.07. The quantitative estimate of drug-likeness (QED) is 0.633. The van der Waals surface area contributed by atoms with E-state index < -0.39 is 40.1 Å². The first-order chi connectivity index (χ1) is 13.9. The fraction of sp³-hybridized carbons (Fsp3) is 0.222. The van der Waals surface area contributed by atoms with Crippen LogP contribution >= 0.6 is 0 Å². The van der Waals surface area contributed by atoms with Crippen molar-refractivity contribution in [3.8, 4) is 5.75 Å². The van der Waals surface area contributed by atoms with E-state index in [2.05, 4.69) is 14.8 Å². The van der Waals surface area contributed by atoms with Crippen LogP contribution in [0.5, 0.6) is 5.75 Å². The highest BCUT2D eigenvalue weighted by Gasteiger charge is 2.31. The summed E-state index contributed by atoms with van der Waals surface area (Å²) in [6, 6.07) is 9.42. The Morgan fingerprint density at radius 3 is 2.27 bits per heavy atom. The molecule has 2 N–H and O–H groups in total. The summed E-state index contributed by atoms with van der Waals surface area (Å²) in [4.78, 5) is 24.2. The molecule has 30 heavy (non-hydrogen) atoms. The van der Waals surface area contributed by atoms with Gasteiger partial charge >= 0.3 is 12.3 Å². The number of alkyl halides is 3. The van der Waals surface area contributed by atoms with Crippen molar-refractivity contribution in [3.63, 3.8) is 0 Å². The summed E-state index contributed by atoms with van der Waals surface area (Å²) < 4.78 is 70.9. The normalized spacial score (nSPS) is 12.7. The first-order valence-corrected chi connectivity index (χ1v) is 9.81. The highest BCUT2D eigenvalue weighted by atomic mass is 32.2. The number of carbonyl (C=O) groups is 2. The van der Waals surface area contributed by atoms with Gasteiger partial charge in [0.1, 0.15) is 5.75 Å². The van der Waals surface area contributed by atoms with Crippen molar-refractivity contribution in [2.24, 2.45) is 0 Å². The minimum atomic E-state index is -4.84. The van der Waals surface area contributed by atoms with Crippen LogP contribution in [-0.4, -0.2) is 39.8 Å². The first kappa shape index (κ1) is 23.2. The molecule has 1 amide bonds. The number of rotatable bonds is 7. The molecule has 2 aromatic rings. The Bertz CT molecular complexity index is 1020. The summed E-state index contributed by atoms with van der Waals surface area (Å²) in [6.07, 6.45) is -6.11. The number of ether oxygens (including phenoxy) is 2. The second-order valence-electron chi connectivity index (χ2n) is 5.84. The first-order valence-electron chi connectivity index (χ1n) is 8.32. The third kappa shape index (κ3) is 6.46. The van der Waals surface area contributed by atoms with Gasteiger partial charge < -0.3 is 14.8 Å². The van der Waals surface area contributed by atoms with Crippen molar-refractivity contribution in [2.45, 2.75) is 24.3 Å². The van der Waals surface area contributed by atoms with Gasteiger partial charge in [-0.2, -0.15) is 0 Å². The number of nitrogens with one attached hydrogen (secondary N) is 2. The van der Waals surface area contributed by atoms with Crippen LogP contribution in [-0.2, 0) is 19.6 Å². The van der Waals surface area contributed by atoms with Gasteiger partial charge in [-0.25, -0.2) is 17.9 Å². The van der Waals surface area contributed by atoms with Gasteiger partial charge in [0, 0.05) is 5.69 Å². The number of halogens is 3. The van der Waals surface area contributed by atoms with E-state index in [0.717, 1.165) is 18.2 Å². The van der Waals surface area contributed by atoms with Crippen molar-refractivity contribution in [1.29, 1.82) is 0 Å². The molecule has 0 aliphatic rings. The van der Waals surface area contributed by atoms with Gasteiger partial charge in [-0.05, 0) is 56.4 Å². The number of sulfonamides is 1. The van der Waals surface area contributed by atoms with Crippen LogP contribution in [0.25, 0.3) is 0 Å². The number of carbonyl (C=O) groups excluding carboxylic acids is 2. The lowest BCUT2D eigenvalue weighted by Crippen LogP contribution is -2.30. The molecule has 0 aliphatic carbocycles. The predicted molar refractivity (Wildman–Crippen MR) is 99.3 cm³/mol. The van der Waals surface area contributed by atoms with Crippen LogP contribution in [0.3, 0.4) is 0 Å². The van der Waals surface area contributed by atoms with Gasteiger partial charge in [0.25, 0.3) is 5.91 Å². The van der Waals surface area contributed by atoms with Crippen LogP contribution < -0.4 is 14.8 Å². The minimum Gasteiger partial charge on any atom is -0.449 e. The molecule has 1 unspecified atom stereocenters. The Morgan fingerprint density at radius 2 is 1.70 bits per heavy atom. The Labute approximate surface area is 170 Å². The number of hydrogen-bond donors (Lipinski definition) is 2. The van der Waals surface area contributed by atoms with E-state index in [1.54, 1.807) is 0 Å². The topological polar surface area (TPSA) is 111 Å². The zero-order valence-electron chi connectivity index (χ0n) is 15.7. The molecule has 0 saturated heterocycles. The van der Waals surface area contributed by atoms with Crippen LogP contribution in [0.15, 0.2) is 53.4 Å². The van der Waals surface area contributed by atoms with Crippen LogP contribution in [0, 0.1) is 0 Å². The van der Waals surface area contributed by atoms with Crippen molar-refractivity contribution in [1.82, 2.24) is 4.72 Å². The molecule has 0 fully saturated rings. The maximum absolute atomic E-state index is 12.2. The van der Waals surface area contributed by atoms with Gasteiger partial charge in [-0.3, -0.25) is 4.79 Å². The second kappa shape index (κ2) is 9.13. The molecule has 1 atom stereocenters. The zero-order valence-corrected chi connectivity index (χ0v) is 16.5. The molecular formula is C18H17F3N2O6S. The number of hydrogen-bond acceptors (Lipinski definition) is 6. The SMILES string of the molecule is CNS(=O)(=O)c1cccc(C(=O)OC(C)C(=O)Nc2ccc(OC(F)(F)F)cc2)c1. The minimum absolute atomic E-state index is 0.0837. The molecule has 12 heteroatoms. The van der Waals surface area contributed by atoms with Crippen molar-refractivity contribution >= 4 is 27.6 Å². The van der Waals surface area contributed by atoms with E-state index in [-0.39, 0.29) is 16.1 Å². The molecule has 0 aliphatic heterocycles. The standard InChI is InChI=1S/C18H17F3N2O6S/c1-11(16(24)23-13-6-8-14(9-7-13)29-18(19,20)21)28-17(25)12-4-3-5-15(10-12)30(26,27)22-2/h3-11,22H,1-2H3,(H,23,24). The molecule has 2 rings (SSSR count). The molecule has 0 saturated carbocycles. The highest BCUT2D eigenvalue weighted by molar-refractivity contribution is 7.89. The highest BCUT2D eigenvalue weighted by Crippen LogP contribution is 2.24. The number of esters is 1. The lowest BCUT2D eigenvalue weighted by atomic mass is 10.2. The number of anilines is 1. The van der Waals surface area contributed by atoms with E-state index in [1.807, 2.05) is 0 Å². The van der Waals surface area contributed by atoms with E-state index >= 15 is 0 Å². The Balaban J connectivity index is 2.00. The Hall–Kier alpha value is -3.12. The Kier molecular flexibility index (Phi) is 7.05. The van der Waals surface area contributed by atoms with Crippen LogP contribution in [0.2, 0.25) is 0 Å². The fourth-order valence-corrected chi connectivity index (χ4v) is 2.95. The lowest BCUT2D eigenvalue weighted by molar-refractivity contribution is -0.274. The van der Waals surface area contributed by atoms with E-state index in [0.29, 0.717) is 0 Å². The summed E-state index contributed by atoms with van der Waals surface area (Å²) in [7, 11) is -2.56. The van der Waals surface area contributed by atoms with Gasteiger partial charge in [-0.15, -0.1) is 13.2 Å². The molecule has 162 valence electrons. The van der Waals surface area contributed by atoms with E-state index in [4.69, 9.17) is 4.74 Å². The zero-order chi connectivity index (χ0) is 22.5. The van der Waals surface area contributed by atoms with E-state index in [9.17, 15) is 31.2 Å². The lowest BCUT2D eigenvalue weighted by Gasteiger charge is -2.14. The summed E-state index contributed by atoms with van der Waals surface area (Å²) in [5.41, 5.74) is 0.0687. The van der Waals surface area contributed by atoms with Gasteiger partial charge in [0.15, 0.2) is 6.10 Å². The Morgan fingerprint density at radius 1 is 1.07 bits per heavy atom. The van der Waals surface area contributed by atoms with Crippen molar-refractivity contribution in [2.75, 3.05) is 12.4 Å². The fourth-order valence-electron chi connectivity index (χ4n) is 2.17. The molecule has 0 bridgehead atoms. The van der Waals surface area contributed by atoms with Gasteiger partial charge in [0.2, 0.25) is 10.0 Å². The van der Waals surface area contributed by atoms with Crippen molar-refractivity contribution in [3.05, 3.63) is 54.1 Å². The second-order valence-corrected chi connectivity index (χ2v) is 7.73. The molecule has 0 radical (unpaired) electrons. The summed E-state index contributed by atoms with van der Waals surface area (Å²) >= 11 is 0. The molecular weight excluding hydrogens is 429 g/mol. The van der Waals surface area contributed by atoms with Crippen molar-refractivity contribution < 1.29 is 40.7 Å². The van der Waals surface area contributed by atoms with Crippen LogP contribution in [0.4, 0.5) is 18.9 Å². The largest absolute Gasteiger partial charge is 0.573 e. The maximum atomic E-state index is 12.2. The summed E-state index contributed by atoms with van der Waals surface area (Å²) in [5.74, 6) is -2.14. The average molecular weight is 446 g/mol. The predicted octanol–water partition coefficient (Wildman–Crippen LogP) is 2.68. The average Bonchev–Trinajstić information content (AvgIpc) is 2.68. The molecule has 0 aromatic heterocycles. The number of amides is 1. The maximum Gasteiger partial charge on any atom is 0.573 e. The number of benzene rings is 2. The molecule has 2 aromatic carbocycles. The van der Waals surface area contributed by atoms with Crippen LogP contribution in [0.1, 0.15) is 17.3 Å². The summed E-state index contributed by atoms with van der Waals surface area (Å²) in [5, 5.41) is 2.37. The van der Waals surface area contributed by atoms with E-state index in [1.165, 1.54) is 44.3 Å². The monoisotopic (exact) mass is 446 g/mol. The summed E-state index contributed by atoms with van der Waals surface area (Å²) in [6.45, 7) is 1.28. The van der Waals surface area contributed by atoms with Gasteiger partial charge in [-0.1, -0.05) is 6.07 Å². The molecule has 0 heterocycles. The third-order valence-electron chi connectivity index (χ3n) is 3.66. The molecule has 8 nitrogen and oxygen atoms in total. The molecule has 0 spiro atoms.